The SMILES string of the molecule is CCOc1ccc(Cl)cc1CNCCN. The fourth-order valence-electron chi connectivity index (χ4n) is 1.31. The van der Waals surface area contributed by atoms with Crippen molar-refractivity contribution in [1.29, 1.82) is 0 Å². The molecule has 0 bridgehead atoms. The molecule has 15 heavy (non-hydrogen) atoms. The summed E-state index contributed by atoms with van der Waals surface area (Å²) in [7, 11) is 0. The molecule has 0 aromatic heterocycles. The molecular formula is C11H17ClN2O. The van der Waals surface area contributed by atoms with Crippen molar-refractivity contribution in [3.63, 3.8) is 0 Å². The highest BCUT2D eigenvalue weighted by molar-refractivity contribution is 6.30. The predicted octanol–water partition coefficient (Wildman–Crippen LogP) is 1.79. The van der Waals surface area contributed by atoms with Crippen LogP contribution in [0.3, 0.4) is 0 Å². The molecule has 3 N–H and O–H groups in total. The van der Waals surface area contributed by atoms with Crippen molar-refractivity contribution in [2.24, 2.45) is 5.73 Å². The van der Waals surface area contributed by atoms with Crippen LogP contribution in [-0.4, -0.2) is 19.7 Å². The van der Waals surface area contributed by atoms with Crippen LogP contribution in [0.25, 0.3) is 0 Å². The van der Waals surface area contributed by atoms with Crippen LogP contribution in [-0.2, 0) is 6.54 Å². The van der Waals surface area contributed by atoms with Gasteiger partial charge >= 0.3 is 0 Å². The van der Waals surface area contributed by atoms with Gasteiger partial charge in [0.05, 0.1) is 6.61 Å². The van der Waals surface area contributed by atoms with Crippen molar-refractivity contribution >= 4 is 11.6 Å². The molecule has 0 atom stereocenters. The van der Waals surface area contributed by atoms with Crippen LogP contribution in [0.15, 0.2) is 18.2 Å². The molecule has 1 aromatic carbocycles. The molecule has 1 rings (SSSR count). The summed E-state index contributed by atoms with van der Waals surface area (Å²) in [5, 5.41) is 3.94. The highest BCUT2D eigenvalue weighted by atomic mass is 35.5. The molecule has 0 radical (unpaired) electrons. The maximum atomic E-state index is 5.92. The van der Waals surface area contributed by atoms with E-state index in [9.17, 15) is 0 Å². The highest BCUT2D eigenvalue weighted by Gasteiger charge is 2.03. The van der Waals surface area contributed by atoms with Gasteiger partial charge in [0.15, 0.2) is 0 Å². The van der Waals surface area contributed by atoms with Gasteiger partial charge in [-0.05, 0) is 25.1 Å². The number of rotatable bonds is 6. The van der Waals surface area contributed by atoms with E-state index < -0.39 is 0 Å². The van der Waals surface area contributed by atoms with Gasteiger partial charge in [-0.25, -0.2) is 0 Å². The van der Waals surface area contributed by atoms with E-state index in [1.807, 2.05) is 25.1 Å². The number of halogens is 1. The van der Waals surface area contributed by atoms with Crippen LogP contribution in [0.2, 0.25) is 5.02 Å². The smallest absolute Gasteiger partial charge is 0.123 e. The fraction of sp³-hybridized carbons (Fsp3) is 0.455. The lowest BCUT2D eigenvalue weighted by Crippen LogP contribution is -2.22. The summed E-state index contributed by atoms with van der Waals surface area (Å²) >= 11 is 5.92. The maximum Gasteiger partial charge on any atom is 0.123 e. The Morgan fingerprint density at radius 2 is 2.27 bits per heavy atom. The average molecular weight is 229 g/mol. The van der Waals surface area contributed by atoms with E-state index in [0.717, 1.165) is 29.4 Å². The normalized spacial score (nSPS) is 10.3. The van der Waals surface area contributed by atoms with Gasteiger partial charge in [0.1, 0.15) is 5.75 Å². The molecule has 4 heteroatoms. The predicted molar refractivity (Wildman–Crippen MR) is 63.4 cm³/mol. The van der Waals surface area contributed by atoms with E-state index in [-0.39, 0.29) is 0 Å². The fourth-order valence-corrected chi connectivity index (χ4v) is 1.50. The van der Waals surface area contributed by atoms with Crippen LogP contribution >= 0.6 is 11.6 Å². The Hall–Kier alpha value is -0.770. The summed E-state index contributed by atoms with van der Waals surface area (Å²) in [5.41, 5.74) is 6.47. The van der Waals surface area contributed by atoms with Gasteiger partial charge in [0, 0.05) is 30.2 Å². The summed E-state index contributed by atoms with van der Waals surface area (Å²) in [4.78, 5) is 0. The second-order valence-corrected chi connectivity index (χ2v) is 3.59. The standard InChI is InChI=1S/C11H17ClN2O/c1-2-15-11-4-3-10(12)7-9(11)8-14-6-5-13/h3-4,7,14H,2,5-6,8,13H2,1H3. The minimum absolute atomic E-state index is 0.629. The minimum Gasteiger partial charge on any atom is -0.494 e. The van der Waals surface area contributed by atoms with Gasteiger partial charge in [0.2, 0.25) is 0 Å². The molecule has 3 nitrogen and oxygen atoms in total. The molecule has 1 aromatic rings. The summed E-state index contributed by atoms with van der Waals surface area (Å²) in [6, 6.07) is 5.64. The molecular weight excluding hydrogens is 212 g/mol. The monoisotopic (exact) mass is 228 g/mol. The van der Waals surface area contributed by atoms with Gasteiger partial charge in [-0.2, -0.15) is 0 Å². The Balaban J connectivity index is 2.68. The van der Waals surface area contributed by atoms with E-state index in [1.165, 1.54) is 0 Å². The molecule has 0 aliphatic carbocycles. The second kappa shape index (κ2) is 6.67. The highest BCUT2D eigenvalue weighted by Crippen LogP contribution is 2.22. The Labute approximate surface area is 95.6 Å². The van der Waals surface area contributed by atoms with Crippen molar-refractivity contribution < 1.29 is 4.74 Å². The number of ether oxygens (including phenoxy) is 1. The third kappa shape index (κ3) is 4.08. The molecule has 0 heterocycles. The first-order valence-electron chi connectivity index (χ1n) is 5.10. The molecule has 0 amide bonds. The van der Waals surface area contributed by atoms with Gasteiger partial charge in [-0.1, -0.05) is 11.6 Å². The molecule has 84 valence electrons. The molecule has 0 aliphatic rings. The summed E-state index contributed by atoms with van der Waals surface area (Å²) in [5.74, 6) is 0.881. The maximum absolute atomic E-state index is 5.92. The largest absolute Gasteiger partial charge is 0.494 e. The lowest BCUT2D eigenvalue weighted by atomic mass is 10.2. The van der Waals surface area contributed by atoms with Gasteiger partial charge in [-0.3, -0.25) is 0 Å². The minimum atomic E-state index is 0.629. The first-order valence-corrected chi connectivity index (χ1v) is 5.47. The number of nitrogens with one attached hydrogen (secondary N) is 1. The van der Waals surface area contributed by atoms with Crippen LogP contribution in [0.5, 0.6) is 5.75 Å². The van der Waals surface area contributed by atoms with Gasteiger partial charge < -0.3 is 15.8 Å². The summed E-state index contributed by atoms with van der Waals surface area (Å²) < 4.78 is 5.49. The Morgan fingerprint density at radius 1 is 1.47 bits per heavy atom. The van der Waals surface area contributed by atoms with E-state index in [4.69, 9.17) is 22.1 Å². The summed E-state index contributed by atoms with van der Waals surface area (Å²) in [6.45, 7) is 4.77. The second-order valence-electron chi connectivity index (χ2n) is 3.15. The molecule has 0 aliphatic heterocycles. The molecule has 0 saturated carbocycles. The summed E-state index contributed by atoms with van der Waals surface area (Å²) in [6.07, 6.45) is 0. The lowest BCUT2D eigenvalue weighted by Gasteiger charge is -2.11. The van der Waals surface area contributed by atoms with Crippen molar-refractivity contribution in [3.8, 4) is 5.75 Å². The van der Waals surface area contributed by atoms with E-state index in [0.29, 0.717) is 13.2 Å². The molecule has 0 fully saturated rings. The molecule has 0 spiro atoms. The first kappa shape index (κ1) is 12.3. The first-order chi connectivity index (χ1) is 7.27. The number of benzene rings is 1. The van der Waals surface area contributed by atoms with Crippen LogP contribution in [0, 0.1) is 0 Å². The van der Waals surface area contributed by atoms with Crippen molar-refractivity contribution in [3.05, 3.63) is 28.8 Å². The average Bonchev–Trinajstić information content (AvgIpc) is 2.22. The van der Waals surface area contributed by atoms with Crippen molar-refractivity contribution in [2.45, 2.75) is 13.5 Å². The third-order valence-electron chi connectivity index (χ3n) is 1.96. The molecule has 0 unspecified atom stereocenters. The van der Waals surface area contributed by atoms with E-state index in [1.54, 1.807) is 0 Å². The zero-order valence-electron chi connectivity index (χ0n) is 8.92. The molecule has 0 saturated heterocycles. The Bertz CT molecular complexity index is 305. The van der Waals surface area contributed by atoms with E-state index >= 15 is 0 Å². The van der Waals surface area contributed by atoms with Crippen LogP contribution in [0.4, 0.5) is 0 Å². The van der Waals surface area contributed by atoms with Gasteiger partial charge in [-0.15, -0.1) is 0 Å². The quantitative estimate of drug-likeness (QED) is 0.730. The number of nitrogens with two attached hydrogens (primary N) is 1. The van der Waals surface area contributed by atoms with E-state index in [2.05, 4.69) is 5.32 Å². The zero-order valence-corrected chi connectivity index (χ0v) is 9.68. The lowest BCUT2D eigenvalue weighted by molar-refractivity contribution is 0.335. The van der Waals surface area contributed by atoms with Gasteiger partial charge in [0.25, 0.3) is 0 Å². The topological polar surface area (TPSA) is 47.3 Å². The number of hydrogen-bond acceptors (Lipinski definition) is 3. The zero-order chi connectivity index (χ0) is 11.1. The van der Waals surface area contributed by atoms with Crippen molar-refractivity contribution in [1.82, 2.24) is 5.32 Å². The van der Waals surface area contributed by atoms with Crippen molar-refractivity contribution in [2.75, 3.05) is 19.7 Å². The van der Waals surface area contributed by atoms with Crippen LogP contribution in [0.1, 0.15) is 12.5 Å². The third-order valence-corrected chi connectivity index (χ3v) is 2.19. The van der Waals surface area contributed by atoms with Crippen LogP contribution < -0.4 is 15.8 Å². The Morgan fingerprint density at radius 3 is 2.93 bits per heavy atom. The Kier molecular flexibility index (Phi) is 5.47. The number of hydrogen-bond donors (Lipinski definition) is 2.